The molecule has 2 aliphatic carbocycles. The summed E-state index contributed by atoms with van der Waals surface area (Å²) in [5.41, 5.74) is 1.41. The Hall–Kier alpha value is -0.830. The van der Waals surface area contributed by atoms with Crippen LogP contribution in [-0.4, -0.2) is 25.2 Å². The molecular formula is C18H31NO2. The van der Waals surface area contributed by atoms with Crippen LogP contribution in [0, 0.1) is 11.8 Å². The predicted octanol–water partition coefficient (Wildman–Crippen LogP) is 3.83. The van der Waals surface area contributed by atoms with E-state index in [9.17, 15) is 4.79 Å². The minimum Gasteiger partial charge on any atom is -0.468 e. The maximum atomic E-state index is 12.3. The molecule has 3 heteroatoms. The number of carbonyl (C=O) groups excluding carboxylic acids is 1. The van der Waals surface area contributed by atoms with Crippen LogP contribution in [0.3, 0.4) is 0 Å². The monoisotopic (exact) mass is 293 g/mol. The third kappa shape index (κ3) is 4.84. The summed E-state index contributed by atoms with van der Waals surface area (Å²) in [6, 6.07) is 0.349. The zero-order valence-corrected chi connectivity index (χ0v) is 13.9. The van der Waals surface area contributed by atoms with Crippen LogP contribution in [0.4, 0.5) is 0 Å². The number of ether oxygens (including phenoxy) is 1. The predicted molar refractivity (Wildman–Crippen MR) is 86.1 cm³/mol. The van der Waals surface area contributed by atoms with Gasteiger partial charge in [0, 0.05) is 6.04 Å². The van der Waals surface area contributed by atoms with E-state index in [-0.39, 0.29) is 12.0 Å². The van der Waals surface area contributed by atoms with Crippen molar-refractivity contribution in [3.05, 3.63) is 11.6 Å². The van der Waals surface area contributed by atoms with E-state index < -0.39 is 0 Å². The zero-order valence-electron chi connectivity index (χ0n) is 13.9. The van der Waals surface area contributed by atoms with Crippen molar-refractivity contribution in [1.29, 1.82) is 0 Å². The second-order valence-electron chi connectivity index (χ2n) is 7.05. The Morgan fingerprint density at radius 3 is 2.52 bits per heavy atom. The number of allylic oxidation sites excluding steroid dienone is 2. The van der Waals surface area contributed by atoms with Crippen molar-refractivity contribution in [2.24, 2.45) is 11.8 Å². The summed E-state index contributed by atoms with van der Waals surface area (Å²) in [7, 11) is 1.51. The summed E-state index contributed by atoms with van der Waals surface area (Å²) in [6.07, 6.45) is 12.1. The Labute approximate surface area is 129 Å². The summed E-state index contributed by atoms with van der Waals surface area (Å²) in [5.74, 6) is 0.860. The second kappa shape index (κ2) is 7.98. The molecule has 2 rings (SSSR count). The van der Waals surface area contributed by atoms with E-state index in [1.165, 1.54) is 51.2 Å². The van der Waals surface area contributed by atoms with Gasteiger partial charge >= 0.3 is 5.97 Å². The van der Waals surface area contributed by atoms with Gasteiger partial charge in [0.25, 0.3) is 0 Å². The van der Waals surface area contributed by atoms with Crippen LogP contribution in [0.25, 0.3) is 0 Å². The van der Waals surface area contributed by atoms with Gasteiger partial charge in [-0.15, -0.1) is 0 Å². The molecule has 2 aliphatic rings. The summed E-state index contributed by atoms with van der Waals surface area (Å²) < 4.78 is 5.09. The van der Waals surface area contributed by atoms with E-state index in [4.69, 9.17) is 4.74 Å². The lowest BCUT2D eigenvalue weighted by Gasteiger charge is -2.33. The molecule has 0 aromatic carbocycles. The topological polar surface area (TPSA) is 38.3 Å². The average molecular weight is 293 g/mol. The first kappa shape index (κ1) is 16.5. The smallest absolute Gasteiger partial charge is 0.323 e. The summed E-state index contributed by atoms with van der Waals surface area (Å²) in [5, 5.41) is 3.66. The van der Waals surface area contributed by atoms with Crippen LogP contribution in [0.1, 0.15) is 65.2 Å². The molecule has 0 radical (unpaired) electrons. The van der Waals surface area contributed by atoms with Gasteiger partial charge in [0.1, 0.15) is 6.04 Å². The number of esters is 1. The van der Waals surface area contributed by atoms with Crippen molar-refractivity contribution in [3.8, 4) is 0 Å². The van der Waals surface area contributed by atoms with Gasteiger partial charge in [-0.25, -0.2) is 0 Å². The van der Waals surface area contributed by atoms with Gasteiger partial charge in [0.2, 0.25) is 0 Å². The Bertz CT molecular complexity index is 369. The zero-order chi connectivity index (χ0) is 15.2. The largest absolute Gasteiger partial charge is 0.468 e. The summed E-state index contributed by atoms with van der Waals surface area (Å²) in [4.78, 5) is 12.3. The molecule has 0 aromatic heterocycles. The van der Waals surface area contributed by atoms with Crippen LogP contribution in [-0.2, 0) is 9.53 Å². The van der Waals surface area contributed by atoms with Crippen LogP contribution in [0.15, 0.2) is 11.6 Å². The lowest BCUT2D eigenvalue weighted by atomic mass is 9.79. The van der Waals surface area contributed by atoms with E-state index in [2.05, 4.69) is 25.2 Å². The Balaban J connectivity index is 2.03. The fourth-order valence-corrected chi connectivity index (χ4v) is 4.07. The molecule has 3 unspecified atom stereocenters. The fourth-order valence-electron chi connectivity index (χ4n) is 4.07. The first-order valence-electron chi connectivity index (χ1n) is 8.61. The molecule has 120 valence electrons. The molecule has 0 heterocycles. The molecule has 0 saturated heterocycles. The molecular weight excluding hydrogens is 262 g/mol. The molecule has 0 spiro atoms. The first-order chi connectivity index (χ1) is 10.1. The van der Waals surface area contributed by atoms with Gasteiger partial charge in [-0.3, -0.25) is 4.79 Å². The number of carbonyl (C=O) groups is 1. The lowest BCUT2D eigenvalue weighted by molar-refractivity contribution is -0.145. The molecule has 21 heavy (non-hydrogen) atoms. The molecule has 0 amide bonds. The van der Waals surface area contributed by atoms with Crippen molar-refractivity contribution < 1.29 is 9.53 Å². The van der Waals surface area contributed by atoms with Gasteiger partial charge in [0.15, 0.2) is 0 Å². The maximum absolute atomic E-state index is 12.3. The van der Waals surface area contributed by atoms with E-state index in [1.54, 1.807) is 0 Å². The normalized spacial score (nSPS) is 29.4. The Morgan fingerprint density at radius 2 is 1.95 bits per heavy atom. The number of hydrogen-bond acceptors (Lipinski definition) is 3. The van der Waals surface area contributed by atoms with Crippen LogP contribution in [0.2, 0.25) is 0 Å². The third-order valence-corrected chi connectivity index (χ3v) is 5.02. The van der Waals surface area contributed by atoms with Crippen molar-refractivity contribution >= 4 is 5.97 Å². The fraction of sp³-hybridized carbons (Fsp3) is 0.833. The van der Waals surface area contributed by atoms with E-state index in [1.807, 2.05) is 0 Å². The molecule has 1 N–H and O–H groups in total. The number of rotatable bonds is 4. The van der Waals surface area contributed by atoms with Crippen LogP contribution < -0.4 is 5.32 Å². The highest BCUT2D eigenvalue weighted by Crippen LogP contribution is 2.31. The number of nitrogens with one attached hydrogen (secondary N) is 1. The van der Waals surface area contributed by atoms with Gasteiger partial charge < -0.3 is 10.1 Å². The minimum atomic E-state index is -0.135. The van der Waals surface area contributed by atoms with Gasteiger partial charge in [-0.1, -0.05) is 44.3 Å². The first-order valence-corrected chi connectivity index (χ1v) is 8.61. The van der Waals surface area contributed by atoms with Crippen molar-refractivity contribution in [1.82, 2.24) is 5.32 Å². The van der Waals surface area contributed by atoms with E-state index in [0.717, 1.165) is 12.8 Å². The highest BCUT2D eigenvalue weighted by atomic mass is 16.5. The highest BCUT2D eigenvalue weighted by molar-refractivity contribution is 5.76. The third-order valence-electron chi connectivity index (χ3n) is 5.02. The molecule has 3 nitrogen and oxygen atoms in total. The average Bonchev–Trinajstić information content (AvgIpc) is 2.71. The Kier molecular flexibility index (Phi) is 6.28. The number of methoxy groups -OCH3 is 1. The quantitative estimate of drug-likeness (QED) is 0.486. The van der Waals surface area contributed by atoms with Crippen molar-refractivity contribution in [2.45, 2.75) is 77.3 Å². The van der Waals surface area contributed by atoms with Crippen molar-refractivity contribution in [2.75, 3.05) is 7.11 Å². The second-order valence-corrected chi connectivity index (χ2v) is 7.05. The maximum Gasteiger partial charge on any atom is 0.323 e. The summed E-state index contributed by atoms with van der Waals surface area (Å²) in [6.45, 7) is 4.43. The molecule has 0 bridgehead atoms. The van der Waals surface area contributed by atoms with Crippen molar-refractivity contribution in [3.63, 3.8) is 0 Å². The van der Waals surface area contributed by atoms with E-state index >= 15 is 0 Å². The standard InChI is InChI=1S/C18H31NO2/c1-13-10-14(2)12-15(11-13)17(18(20)21-3)19-16-8-6-4-5-7-9-16/h10,13,15-17,19H,4-9,11-12H2,1-3H3. The van der Waals surface area contributed by atoms with Crippen LogP contribution in [0.5, 0.6) is 0 Å². The molecule has 1 saturated carbocycles. The molecule has 0 aromatic rings. The van der Waals surface area contributed by atoms with Gasteiger partial charge in [-0.05, 0) is 44.4 Å². The minimum absolute atomic E-state index is 0.0776. The number of hydrogen-bond donors (Lipinski definition) is 1. The van der Waals surface area contributed by atoms with Crippen LogP contribution >= 0.6 is 0 Å². The van der Waals surface area contributed by atoms with E-state index in [0.29, 0.717) is 17.9 Å². The van der Waals surface area contributed by atoms with Gasteiger partial charge in [0.05, 0.1) is 7.11 Å². The molecule has 0 aliphatic heterocycles. The van der Waals surface area contributed by atoms with Gasteiger partial charge in [-0.2, -0.15) is 0 Å². The SMILES string of the molecule is COC(=O)C(NC1CCCCCC1)C1CC(C)=CC(C)C1. The lowest BCUT2D eigenvalue weighted by Crippen LogP contribution is -2.49. The summed E-state index contributed by atoms with van der Waals surface area (Å²) >= 11 is 0. The highest BCUT2D eigenvalue weighted by Gasteiger charge is 2.33. The Morgan fingerprint density at radius 1 is 1.29 bits per heavy atom. The molecule has 1 fully saturated rings. The molecule has 3 atom stereocenters.